The molecule has 1 heterocycles. The highest BCUT2D eigenvalue weighted by atomic mass is 79.9. The van der Waals surface area contributed by atoms with Gasteiger partial charge in [-0.3, -0.25) is 0 Å². The van der Waals surface area contributed by atoms with E-state index in [1.54, 1.807) is 11.4 Å². The van der Waals surface area contributed by atoms with Gasteiger partial charge in [-0.2, -0.15) is 0 Å². The van der Waals surface area contributed by atoms with Crippen molar-refractivity contribution in [2.75, 3.05) is 6.54 Å². The van der Waals surface area contributed by atoms with Crippen molar-refractivity contribution in [3.05, 3.63) is 15.9 Å². The Labute approximate surface area is 104 Å². The van der Waals surface area contributed by atoms with E-state index in [2.05, 4.69) is 36.6 Å². The van der Waals surface area contributed by atoms with E-state index in [0.717, 1.165) is 0 Å². The lowest BCUT2D eigenvalue weighted by Gasteiger charge is -2.06. The Balaban J connectivity index is 2.82. The van der Waals surface area contributed by atoms with Gasteiger partial charge in [0.05, 0.1) is 0 Å². The highest BCUT2D eigenvalue weighted by molar-refractivity contribution is 9.10. The Kier molecular flexibility index (Phi) is 4.57. The molecule has 0 aliphatic heterocycles. The summed E-state index contributed by atoms with van der Waals surface area (Å²) in [5.41, 5.74) is 0. The second-order valence-electron chi connectivity index (χ2n) is 2.69. The van der Waals surface area contributed by atoms with Gasteiger partial charge < -0.3 is 0 Å². The van der Waals surface area contributed by atoms with Gasteiger partial charge in [0, 0.05) is 15.8 Å². The standard InChI is InChI=1S/C7H9Br2NO2S2/c1-5(8)4-10-14(11,12)7-6(9)2-3-13-7/h2-3,5,10H,4H2,1H3. The Hall–Kier alpha value is 0.570. The van der Waals surface area contributed by atoms with Crippen LogP contribution in [0.1, 0.15) is 6.92 Å². The van der Waals surface area contributed by atoms with Crippen LogP contribution in [0, 0.1) is 0 Å². The number of rotatable bonds is 4. The van der Waals surface area contributed by atoms with Crippen LogP contribution in [-0.4, -0.2) is 19.8 Å². The molecule has 80 valence electrons. The van der Waals surface area contributed by atoms with E-state index in [4.69, 9.17) is 0 Å². The van der Waals surface area contributed by atoms with Crippen LogP contribution in [-0.2, 0) is 10.0 Å². The molecule has 1 N–H and O–H groups in total. The van der Waals surface area contributed by atoms with Crippen molar-refractivity contribution in [3.8, 4) is 0 Å². The summed E-state index contributed by atoms with van der Waals surface area (Å²) in [6.45, 7) is 2.26. The zero-order chi connectivity index (χ0) is 10.8. The number of hydrogen-bond donors (Lipinski definition) is 1. The number of halogens is 2. The van der Waals surface area contributed by atoms with E-state index in [-0.39, 0.29) is 4.83 Å². The van der Waals surface area contributed by atoms with Crippen molar-refractivity contribution in [2.24, 2.45) is 0 Å². The molecule has 0 radical (unpaired) electrons. The largest absolute Gasteiger partial charge is 0.251 e. The average Bonchev–Trinajstić information content (AvgIpc) is 2.48. The summed E-state index contributed by atoms with van der Waals surface area (Å²) in [5.74, 6) is 0. The average molecular weight is 363 g/mol. The van der Waals surface area contributed by atoms with Crippen molar-refractivity contribution in [3.63, 3.8) is 0 Å². The van der Waals surface area contributed by atoms with Gasteiger partial charge in [0.25, 0.3) is 10.0 Å². The molecule has 1 unspecified atom stereocenters. The van der Waals surface area contributed by atoms with E-state index in [9.17, 15) is 8.42 Å². The first kappa shape index (κ1) is 12.6. The summed E-state index contributed by atoms with van der Waals surface area (Å²) in [7, 11) is -3.35. The Morgan fingerprint density at radius 2 is 2.29 bits per heavy atom. The van der Waals surface area contributed by atoms with Crippen molar-refractivity contribution in [1.82, 2.24) is 4.72 Å². The van der Waals surface area contributed by atoms with Gasteiger partial charge in [-0.05, 0) is 27.4 Å². The summed E-state index contributed by atoms with van der Waals surface area (Å²) in [6.07, 6.45) is 0. The first-order chi connectivity index (χ1) is 6.43. The fraction of sp³-hybridized carbons (Fsp3) is 0.429. The minimum absolute atomic E-state index is 0.121. The number of sulfonamides is 1. The van der Waals surface area contributed by atoms with Crippen molar-refractivity contribution < 1.29 is 8.42 Å². The predicted molar refractivity (Wildman–Crippen MR) is 65.6 cm³/mol. The first-order valence-electron chi connectivity index (χ1n) is 3.80. The first-order valence-corrected chi connectivity index (χ1v) is 7.87. The molecule has 14 heavy (non-hydrogen) atoms. The van der Waals surface area contributed by atoms with Gasteiger partial charge in [-0.1, -0.05) is 22.9 Å². The molecule has 0 aliphatic carbocycles. The molecular weight excluding hydrogens is 354 g/mol. The van der Waals surface area contributed by atoms with Crippen LogP contribution in [0.2, 0.25) is 0 Å². The molecule has 0 spiro atoms. The summed E-state index contributed by atoms with van der Waals surface area (Å²) < 4.78 is 26.8. The minimum atomic E-state index is -3.35. The topological polar surface area (TPSA) is 46.2 Å². The van der Waals surface area contributed by atoms with Crippen LogP contribution in [0.3, 0.4) is 0 Å². The monoisotopic (exact) mass is 361 g/mol. The van der Waals surface area contributed by atoms with Gasteiger partial charge in [-0.25, -0.2) is 13.1 Å². The molecule has 0 bridgehead atoms. The second-order valence-corrected chi connectivity index (χ2v) is 7.98. The fourth-order valence-electron chi connectivity index (χ4n) is 0.762. The molecule has 0 amide bonds. The molecule has 1 atom stereocenters. The van der Waals surface area contributed by atoms with Gasteiger partial charge >= 0.3 is 0 Å². The van der Waals surface area contributed by atoms with E-state index < -0.39 is 10.0 Å². The Morgan fingerprint density at radius 3 is 2.71 bits per heavy atom. The second kappa shape index (κ2) is 5.07. The quantitative estimate of drug-likeness (QED) is 0.836. The third kappa shape index (κ3) is 3.30. The van der Waals surface area contributed by atoms with Crippen molar-refractivity contribution in [2.45, 2.75) is 16.0 Å². The maximum Gasteiger partial charge on any atom is 0.251 e. The SMILES string of the molecule is CC(Br)CNS(=O)(=O)c1sccc1Br. The number of thiophene rings is 1. The minimum Gasteiger partial charge on any atom is -0.209 e. The zero-order valence-corrected chi connectivity index (χ0v) is 12.1. The molecule has 1 aromatic heterocycles. The van der Waals surface area contributed by atoms with E-state index in [0.29, 0.717) is 15.2 Å². The lowest BCUT2D eigenvalue weighted by molar-refractivity contribution is 0.583. The highest BCUT2D eigenvalue weighted by Crippen LogP contribution is 2.27. The molecule has 0 aliphatic rings. The molecule has 0 saturated carbocycles. The molecule has 0 fully saturated rings. The van der Waals surface area contributed by atoms with E-state index in [1.807, 2.05) is 6.92 Å². The van der Waals surface area contributed by atoms with Crippen LogP contribution in [0.4, 0.5) is 0 Å². The Morgan fingerprint density at radius 1 is 1.64 bits per heavy atom. The maximum atomic E-state index is 11.7. The van der Waals surface area contributed by atoms with Crippen LogP contribution in [0.25, 0.3) is 0 Å². The van der Waals surface area contributed by atoms with Crippen LogP contribution in [0.5, 0.6) is 0 Å². The van der Waals surface area contributed by atoms with E-state index >= 15 is 0 Å². The number of nitrogens with one attached hydrogen (secondary N) is 1. The number of hydrogen-bond acceptors (Lipinski definition) is 3. The summed E-state index contributed by atoms with van der Waals surface area (Å²) in [6, 6.07) is 1.72. The van der Waals surface area contributed by atoms with E-state index in [1.165, 1.54) is 11.3 Å². The van der Waals surface area contributed by atoms with Gasteiger partial charge in [0.15, 0.2) is 0 Å². The smallest absolute Gasteiger partial charge is 0.209 e. The van der Waals surface area contributed by atoms with Crippen LogP contribution in [0.15, 0.2) is 20.1 Å². The third-order valence-corrected chi connectivity index (χ3v) is 5.80. The van der Waals surface area contributed by atoms with Crippen molar-refractivity contribution >= 4 is 53.2 Å². The summed E-state index contributed by atoms with van der Waals surface area (Å²) >= 11 is 7.66. The zero-order valence-electron chi connectivity index (χ0n) is 7.33. The molecule has 7 heteroatoms. The van der Waals surface area contributed by atoms with Gasteiger partial charge in [0.2, 0.25) is 0 Å². The lowest BCUT2D eigenvalue weighted by atomic mass is 10.5. The normalized spacial score (nSPS) is 14.2. The summed E-state index contributed by atoms with van der Waals surface area (Å²) in [4.78, 5) is 0.121. The molecule has 0 saturated heterocycles. The van der Waals surface area contributed by atoms with Crippen molar-refractivity contribution in [1.29, 1.82) is 0 Å². The Bertz CT molecular complexity index is 400. The van der Waals surface area contributed by atoms with Gasteiger partial charge in [-0.15, -0.1) is 11.3 Å². The lowest BCUT2D eigenvalue weighted by Crippen LogP contribution is -2.28. The summed E-state index contributed by atoms with van der Waals surface area (Å²) in [5, 5.41) is 1.73. The fourth-order valence-corrected chi connectivity index (χ4v) is 4.65. The maximum absolute atomic E-state index is 11.7. The van der Waals surface area contributed by atoms with Crippen LogP contribution < -0.4 is 4.72 Å². The number of alkyl halides is 1. The molecule has 1 aromatic rings. The molecular formula is C7H9Br2NO2S2. The molecule has 0 aromatic carbocycles. The van der Waals surface area contributed by atoms with Crippen LogP contribution >= 0.6 is 43.2 Å². The molecule has 1 rings (SSSR count). The third-order valence-electron chi connectivity index (χ3n) is 1.38. The predicted octanol–water partition coefficient (Wildman–Crippen LogP) is 2.57. The highest BCUT2D eigenvalue weighted by Gasteiger charge is 2.18. The molecule has 3 nitrogen and oxygen atoms in total. The van der Waals surface area contributed by atoms with Gasteiger partial charge in [0.1, 0.15) is 4.21 Å².